The van der Waals surface area contributed by atoms with Crippen LogP contribution in [0.25, 0.3) is 10.9 Å². The first-order valence-corrected chi connectivity index (χ1v) is 11.2. The van der Waals surface area contributed by atoms with E-state index in [9.17, 15) is 14.0 Å². The van der Waals surface area contributed by atoms with Crippen LogP contribution in [-0.4, -0.2) is 30.1 Å². The Morgan fingerprint density at radius 2 is 1.84 bits per heavy atom. The van der Waals surface area contributed by atoms with Gasteiger partial charge in [-0.05, 0) is 67.5 Å². The summed E-state index contributed by atoms with van der Waals surface area (Å²) in [6, 6.07) is 12.1. The minimum Gasteiger partial charge on any atom is -0.469 e. The van der Waals surface area contributed by atoms with E-state index in [2.05, 4.69) is 5.32 Å². The second-order valence-electron chi connectivity index (χ2n) is 8.41. The van der Waals surface area contributed by atoms with Crippen LogP contribution < -0.4 is 5.32 Å². The van der Waals surface area contributed by atoms with Crippen molar-refractivity contribution in [1.82, 2.24) is 9.88 Å². The molecule has 1 amide bonds. The number of carbonyl (C=O) groups excluding carboxylic acids is 2. The highest BCUT2D eigenvalue weighted by atomic mass is 35.5. The van der Waals surface area contributed by atoms with E-state index in [1.54, 1.807) is 0 Å². The van der Waals surface area contributed by atoms with Crippen LogP contribution in [0.4, 0.5) is 4.39 Å². The third-order valence-electron chi connectivity index (χ3n) is 6.27. The number of rotatable bonds is 6. The van der Waals surface area contributed by atoms with Crippen LogP contribution in [-0.2, 0) is 16.1 Å². The summed E-state index contributed by atoms with van der Waals surface area (Å²) in [4.78, 5) is 24.7. The molecule has 1 saturated carbocycles. The molecule has 0 radical (unpaired) electrons. The number of hydrogen-bond acceptors (Lipinski definition) is 3. The predicted octanol–water partition coefficient (Wildman–Crippen LogP) is 5.19. The van der Waals surface area contributed by atoms with E-state index in [1.165, 1.54) is 19.2 Å². The first-order valence-electron chi connectivity index (χ1n) is 10.8. The van der Waals surface area contributed by atoms with Crippen LogP contribution in [0.5, 0.6) is 0 Å². The molecule has 7 heteroatoms. The van der Waals surface area contributed by atoms with Gasteiger partial charge in [-0.3, -0.25) is 9.59 Å². The molecule has 1 fully saturated rings. The van der Waals surface area contributed by atoms with Gasteiger partial charge in [0.15, 0.2) is 0 Å². The molecule has 1 N–H and O–H groups in total. The number of halogens is 2. The first kappa shape index (κ1) is 22.3. The maximum absolute atomic E-state index is 14.2. The topological polar surface area (TPSA) is 60.3 Å². The fourth-order valence-corrected chi connectivity index (χ4v) is 4.63. The van der Waals surface area contributed by atoms with E-state index < -0.39 is 5.82 Å². The lowest BCUT2D eigenvalue weighted by atomic mass is 9.82. The molecule has 2 aromatic carbocycles. The molecule has 1 heterocycles. The van der Waals surface area contributed by atoms with Crippen molar-refractivity contribution in [3.05, 3.63) is 70.6 Å². The van der Waals surface area contributed by atoms with Crippen molar-refractivity contribution < 1.29 is 18.7 Å². The third-order valence-corrected chi connectivity index (χ3v) is 6.52. The van der Waals surface area contributed by atoms with E-state index in [1.807, 2.05) is 41.1 Å². The van der Waals surface area contributed by atoms with Crippen LogP contribution in [0.2, 0.25) is 5.02 Å². The van der Waals surface area contributed by atoms with Gasteiger partial charge in [0.05, 0.1) is 24.1 Å². The summed E-state index contributed by atoms with van der Waals surface area (Å²) in [5.41, 5.74) is 2.06. The molecule has 168 valence electrons. The van der Waals surface area contributed by atoms with Crippen LogP contribution >= 0.6 is 11.6 Å². The number of nitrogens with zero attached hydrogens (tertiary/aromatic N) is 1. The number of methoxy groups -OCH3 is 1. The van der Waals surface area contributed by atoms with Crippen molar-refractivity contribution in [2.45, 2.75) is 32.2 Å². The lowest BCUT2D eigenvalue weighted by Crippen LogP contribution is -2.33. The molecule has 0 atom stereocenters. The zero-order valence-corrected chi connectivity index (χ0v) is 18.7. The average molecular weight is 457 g/mol. The number of amides is 1. The van der Waals surface area contributed by atoms with Crippen molar-refractivity contribution in [2.24, 2.45) is 11.8 Å². The number of nitrogens with one attached hydrogen (secondary N) is 1. The standard InChI is InChI=1S/C25H26ClFN2O3/c1-32-25(31)18-6-2-16(3-7-18)14-28-24(30)22-13-21(27)12-19-10-11-29(23(19)22)15-17-4-8-20(26)9-5-17/h4-5,8-13,16,18H,2-3,6-7,14-15H2,1H3,(H,28,30). The summed E-state index contributed by atoms with van der Waals surface area (Å²) < 4.78 is 21.0. The first-order chi connectivity index (χ1) is 15.4. The van der Waals surface area contributed by atoms with Crippen molar-refractivity contribution in [3.63, 3.8) is 0 Å². The number of benzene rings is 2. The normalized spacial score (nSPS) is 18.5. The molecule has 1 aliphatic carbocycles. The number of esters is 1. The molecule has 1 aliphatic rings. The molecule has 0 aliphatic heterocycles. The minimum atomic E-state index is -0.439. The Morgan fingerprint density at radius 1 is 1.12 bits per heavy atom. The second-order valence-corrected chi connectivity index (χ2v) is 8.85. The molecule has 0 bridgehead atoms. The molecule has 3 aromatic rings. The zero-order valence-electron chi connectivity index (χ0n) is 17.9. The Kier molecular flexibility index (Phi) is 6.80. The Bertz CT molecular complexity index is 1120. The molecule has 4 rings (SSSR count). The Labute approximate surface area is 191 Å². The molecule has 0 unspecified atom stereocenters. The lowest BCUT2D eigenvalue weighted by Gasteiger charge is -2.27. The van der Waals surface area contributed by atoms with Gasteiger partial charge in [0.1, 0.15) is 5.82 Å². The fourth-order valence-electron chi connectivity index (χ4n) is 4.51. The predicted molar refractivity (Wildman–Crippen MR) is 122 cm³/mol. The SMILES string of the molecule is COC(=O)C1CCC(CNC(=O)c2cc(F)cc3ccn(Cc4ccc(Cl)cc4)c23)CC1. The molecule has 5 nitrogen and oxygen atoms in total. The van der Waals surface area contributed by atoms with E-state index in [0.29, 0.717) is 40.5 Å². The van der Waals surface area contributed by atoms with Crippen molar-refractivity contribution in [2.75, 3.05) is 13.7 Å². The number of carbonyl (C=O) groups is 2. The van der Waals surface area contributed by atoms with E-state index in [4.69, 9.17) is 16.3 Å². The maximum atomic E-state index is 14.2. The maximum Gasteiger partial charge on any atom is 0.308 e. The molecule has 0 spiro atoms. The second kappa shape index (κ2) is 9.74. The van der Waals surface area contributed by atoms with Gasteiger partial charge >= 0.3 is 5.97 Å². The summed E-state index contributed by atoms with van der Waals surface area (Å²) in [5.74, 6) is -0.641. The summed E-state index contributed by atoms with van der Waals surface area (Å²) >= 11 is 5.98. The Morgan fingerprint density at radius 3 is 2.53 bits per heavy atom. The molecular weight excluding hydrogens is 431 g/mol. The number of hydrogen-bond donors (Lipinski definition) is 1. The van der Waals surface area contributed by atoms with Crippen molar-refractivity contribution in [3.8, 4) is 0 Å². The number of fused-ring (bicyclic) bond motifs is 1. The third kappa shape index (κ3) is 4.96. The quantitative estimate of drug-likeness (QED) is 0.519. The van der Waals surface area contributed by atoms with Gasteiger partial charge in [-0.1, -0.05) is 23.7 Å². The van der Waals surface area contributed by atoms with Gasteiger partial charge in [-0.2, -0.15) is 0 Å². The van der Waals surface area contributed by atoms with E-state index in [-0.39, 0.29) is 17.8 Å². The average Bonchev–Trinajstić information content (AvgIpc) is 3.20. The summed E-state index contributed by atoms with van der Waals surface area (Å²) in [6.07, 6.45) is 5.10. The number of aromatic nitrogens is 1. The van der Waals surface area contributed by atoms with Crippen LogP contribution in [0.3, 0.4) is 0 Å². The lowest BCUT2D eigenvalue weighted by molar-refractivity contribution is -0.146. The molecular formula is C25H26ClFN2O3. The van der Waals surface area contributed by atoms with Gasteiger partial charge in [-0.15, -0.1) is 0 Å². The summed E-state index contributed by atoms with van der Waals surface area (Å²) in [7, 11) is 1.41. The highest BCUT2D eigenvalue weighted by Crippen LogP contribution is 2.29. The van der Waals surface area contributed by atoms with Crippen molar-refractivity contribution in [1.29, 1.82) is 0 Å². The fraction of sp³-hybridized carbons (Fsp3) is 0.360. The molecule has 32 heavy (non-hydrogen) atoms. The minimum absolute atomic E-state index is 0.0501. The van der Waals surface area contributed by atoms with Gasteiger partial charge in [0.2, 0.25) is 0 Å². The monoisotopic (exact) mass is 456 g/mol. The van der Waals surface area contributed by atoms with Gasteiger partial charge in [0, 0.05) is 29.7 Å². The van der Waals surface area contributed by atoms with E-state index >= 15 is 0 Å². The largest absolute Gasteiger partial charge is 0.469 e. The van der Waals surface area contributed by atoms with Gasteiger partial charge < -0.3 is 14.6 Å². The summed E-state index contributed by atoms with van der Waals surface area (Å²) in [6.45, 7) is 1.05. The Hall–Kier alpha value is -2.86. The van der Waals surface area contributed by atoms with Crippen molar-refractivity contribution >= 4 is 34.4 Å². The zero-order chi connectivity index (χ0) is 22.7. The molecule has 0 saturated heterocycles. The van der Waals surface area contributed by atoms with Crippen LogP contribution in [0, 0.1) is 17.7 Å². The van der Waals surface area contributed by atoms with Gasteiger partial charge in [-0.25, -0.2) is 4.39 Å². The Balaban J connectivity index is 1.48. The summed E-state index contributed by atoms with van der Waals surface area (Å²) in [5, 5.41) is 4.33. The van der Waals surface area contributed by atoms with Crippen LogP contribution in [0.15, 0.2) is 48.7 Å². The van der Waals surface area contributed by atoms with Gasteiger partial charge in [0.25, 0.3) is 5.91 Å². The highest BCUT2D eigenvalue weighted by molar-refractivity contribution is 6.30. The smallest absolute Gasteiger partial charge is 0.308 e. The van der Waals surface area contributed by atoms with E-state index in [0.717, 1.165) is 31.2 Å². The number of ether oxygens (including phenoxy) is 1. The van der Waals surface area contributed by atoms with Crippen LogP contribution in [0.1, 0.15) is 41.6 Å². The highest BCUT2D eigenvalue weighted by Gasteiger charge is 2.27. The molecule has 1 aromatic heterocycles.